The van der Waals surface area contributed by atoms with Crippen molar-refractivity contribution in [3.8, 4) is 18.1 Å². The second-order valence-electron chi connectivity index (χ2n) is 8.84. The molecule has 1 aliphatic heterocycles. The molecule has 0 aliphatic carbocycles. The minimum Gasteiger partial charge on any atom is -0.491 e. The largest absolute Gasteiger partial charge is 0.491 e. The quantitative estimate of drug-likeness (QED) is 0.369. The highest BCUT2D eigenvalue weighted by molar-refractivity contribution is 7.10. The molecule has 184 valence electrons. The number of hydrogen-bond donors (Lipinski definition) is 1. The molecule has 1 aliphatic rings. The third-order valence-corrected chi connectivity index (χ3v) is 7.00. The summed E-state index contributed by atoms with van der Waals surface area (Å²) in [6.07, 6.45) is 6.25. The number of nitrogens with zero attached hydrogens (tertiary/aromatic N) is 2. The Morgan fingerprint density at radius 2 is 2.21 bits per heavy atom. The Labute approximate surface area is 207 Å². The summed E-state index contributed by atoms with van der Waals surface area (Å²) in [5.74, 6) is 3.30. The Hall–Kier alpha value is -2.37. The van der Waals surface area contributed by atoms with Gasteiger partial charge in [-0.15, -0.1) is 17.8 Å². The van der Waals surface area contributed by atoms with E-state index < -0.39 is 6.10 Å². The maximum atomic E-state index is 13.5. The van der Waals surface area contributed by atoms with Crippen LogP contribution in [0.2, 0.25) is 0 Å². The smallest absolute Gasteiger partial charge is 0.237 e. The standard InChI is InChI=1S/C27H36N2O4S/c1-5-11-28(16-22(30)18-32-13-6-2)17-27(31)29-12-9-26-23(10-14-34-26)24(29)19-33-25-8-7-20(3)15-21(25)4/h2,7-8,10,14-15,22,24,30H,5,9,11-13,16-19H2,1,3-4H3/t22-,24+/m0/s1. The van der Waals surface area contributed by atoms with E-state index in [9.17, 15) is 9.90 Å². The van der Waals surface area contributed by atoms with Crippen LogP contribution in [0.25, 0.3) is 0 Å². The van der Waals surface area contributed by atoms with Crippen LogP contribution in [0.3, 0.4) is 0 Å². The van der Waals surface area contributed by atoms with E-state index in [2.05, 4.69) is 37.3 Å². The van der Waals surface area contributed by atoms with Gasteiger partial charge in [0.05, 0.1) is 25.3 Å². The van der Waals surface area contributed by atoms with Crippen molar-refractivity contribution in [2.75, 3.05) is 46.0 Å². The zero-order valence-corrected chi connectivity index (χ0v) is 21.3. The second kappa shape index (κ2) is 12.9. The molecule has 34 heavy (non-hydrogen) atoms. The van der Waals surface area contributed by atoms with Crippen LogP contribution < -0.4 is 4.74 Å². The van der Waals surface area contributed by atoms with E-state index in [1.165, 1.54) is 16.0 Å². The van der Waals surface area contributed by atoms with Gasteiger partial charge in [-0.3, -0.25) is 9.69 Å². The number of aliphatic hydroxyl groups is 1. The fraction of sp³-hybridized carbons (Fsp3) is 0.519. The number of ether oxygens (including phenoxy) is 2. The number of benzene rings is 1. The number of aliphatic hydroxyl groups excluding tert-OH is 1. The molecule has 6 nitrogen and oxygen atoms in total. The van der Waals surface area contributed by atoms with Gasteiger partial charge in [0, 0.05) is 18.0 Å². The van der Waals surface area contributed by atoms with Crippen LogP contribution in [0.4, 0.5) is 0 Å². The Kier molecular flexibility index (Phi) is 9.97. The van der Waals surface area contributed by atoms with Gasteiger partial charge in [0.2, 0.25) is 5.91 Å². The third-order valence-electron chi connectivity index (χ3n) is 6.01. The zero-order chi connectivity index (χ0) is 24.5. The Bertz CT molecular complexity index is 983. The predicted molar refractivity (Wildman–Crippen MR) is 136 cm³/mol. The highest BCUT2D eigenvalue weighted by Gasteiger charge is 2.33. The van der Waals surface area contributed by atoms with Crippen LogP contribution in [-0.4, -0.2) is 72.9 Å². The molecule has 1 aromatic heterocycles. The number of carbonyl (C=O) groups is 1. The van der Waals surface area contributed by atoms with Crippen molar-refractivity contribution in [1.82, 2.24) is 9.80 Å². The highest BCUT2D eigenvalue weighted by Crippen LogP contribution is 2.34. The van der Waals surface area contributed by atoms with Gasteiger partial charge in [0.15, 0.2) is 0 Å². The van der Waals surface area contributed by atoms with Gasteiger partial charge in [-0.25, -0.2) is 0 Å². The molecule has 0 saturated carbocycles. The lowest BCUT2D eigenvalue weighted by atomic mass is 10.00. The second-order valence-corrected chi connectivity index (χ2v) is 9.84. The average molecular weight is 485 g/mol. The van der Waals surface area contributed by atoms with Crippen molar-refractivity contribution in [3.05, 3.63) is 51.2 Å². The first-order valence-corrected chi connectivity index (χ1v) is 12.8. The van der Waals surface area contributed by atoms with E-state index in [4.69, 9.17) is 15.9 Å². The van der Waals surface area contributed by atoms with Gasteiger partial charge in [-0.1, -0.05) is 30.5 Å². The first-order chi connectivity index (χ1) is 16.4. The number of terminal acetylenes is 1. The Morgan fingerprint density at radius 1 is 1.38 bits per heavy atom. The number of rotatable bonds is 12. The third kappa shape index (κ3) is 7.07. The van der Waals surface area contributed by atoms with E-state index >= 15 is 0 Å². The van der Waals surface area contributed by atoms with Crippen molar-refractivity contribution in [1.29, 1.82) is 0 Å². The van der Waals surface area contributed by atoms with Crippen LogP contribution >= 0.6 is 11.3 Å². The Balaban J connectivity index is 1.69. The average Bonchev–Trinajstić information content (AvgIpc) is 3.28. The van der Waals surface area contributed by atoms with Gasteiger partial charge in [-0.2, -0.15) is 0 Å². The number of carbonyl (C=O) groups excluding carboxylic acids is 1. The minimum atomic E-state index is -0.693. The van der Waals surface area contributed by atoms with E-state index in [-0.39, 0.29) is 31.7 Å². The van der Waals surface area contributed by atoms with Crippen molar-refractivity contribution in [3.63, 3.8) is 0 Å². The number of hydrogen-bond acceptors (Lipinski definition) is 6. The normalized spacial score (nSPS) is 16.2. The molecule has 7 heteroatoms. The zero-order valence-electron chi connectivity index (χ0n) is 20.5. The summed E-state index contributed by atoms with van der Waals surface area (Å²) in [6, 6.07) is 8.14. The lowest BCUT2D eigenvalue weighted by Gasteiger charge is -2.37. The molecule has 0 bridgehead atoms. The van der Waals surface area contributed by atoms with Crippen LogP contribution in [0.1, 0.15) is 41.0 Å². The number of thiophene rings is 1. The summed E-state index contributed by atoms with van der Waals surface area (Å²) in [6.45, 7) is 8.92. The Morgan fingerprint density at radius 3 is 2.94 bits per heavy atom. The molecule has 1 amide bonds. The fourth-order valence-corrected chi connectivity index (χ4v) is 5.37. The molecule has 0 spiro atoms. The van der Waals surface area contributed by atoms with Crippen LogP contribution in [0.15, 0.2) is 29.6 Å². The van der Waals surface area contributed by atoms with E-state index in [1.54, 1.807) is 11.3 Å². The maximum Gasteiger partial charge on any atom is 0.237 e. The summed E-state index contributed by atoms with van der Waals surface area (Å²) in [7, 11) is 0. The minimum absolute atomic E-state index is 0.0521. The summed E-state index contributed by atoms with van der Waals surface area (Å²) in [4.78, 5) is 18.8. The number of amides is 1. The molecule has 3 rings (SSSR count). The van der Waals surface area contributed by atoms with Gasteiger partial charge in [0.25, 0.3) is 0 Å². The number of fused-ring (bicyclic) bond motifs is 1. The van der Waals surface area contributed by atoms with Crippen molar-refractivity contribution < 1.29 is 19.4 Å². The van der Waals surface area contributed by atoms with Crippen molar-refractivity contribution >= 4 is 17.2 Å². The molecule has 1 aromatic carbocycles. The summed E-state index contributed by atoms with van der Waals surface area (Å²) < 4.78 is 11.5. The topological polar surface area (TPSA) is 62.2 Å². The van der Waals surface area contributed by atoms with Gasteiger partial charge >= 0.3 is 0 Å². The summed E-state index contributed by atoms with van der Waals surface area (Å²) in [5, 5.41) is 12.4. The summed E-state index contributed by atoms with van der Waals surface area (Å²) >= 11 is 1.74. The SMILES string of the molecule is C#CCOC[C@@H](O)CN(CCC)CC(=O)N1CCc2sccc2[C@H]1COc1ccc(C)cc1C. The van der Waals surface area contributed by atoms with E-state index in [0.29, 0.717) is 19.7 Å². The van der Waals surface area contributed by atoms with Gasteiger partial charge in [-0.05, 0) is 61.9 Å². The molecule has 0 saturated heterocycles. The molecule has 0 fully saturated rings. The van der Waals surface area contributed by atoms with Crippen LogP contribution in [0, 0.1) is 26.2 Å². The van der Waals surface area contributed by atoms with Gasteiger partial charge < -0.3 is 19.5 Å². The molecule has 0 unspecified atom stereocenters. The maximum absolute atomic E-state index is 13.5. The lowest BCUT2D eigenvalue weighted by molar-refractivity contribution is -0.136. The first kappa shape index (κ1) is 26.2. The molecule has 2 aromatic rings. The molecule has 2 atom stereocenters. The molecule has 0 radical (unpaired) electrons. The molecule has 2 heterocycles. The van der Waals surface area contributed by atoms with Crippen molar-refractivity contribution in [2.45, 2.75) is 45.8 Å². The fourth-order valence-electron chi connectivity index (χ4n) is 4.44. The monoisotopic (exact) mass is 484 g/mol. The number of aryl methyl sites for hydroxylation is 2. The van der Waals surface area contributed by atoms with E-state index in [0.717, 1.165) is 30.7 Å². The first-order valence-electron chi connectivity index (χ1n) is 11.9. The van der Waals surface area contributed by atoms with E-state index in [1.807, 2.05) is 28.9 Å². The lowest BCUT2D eigenvalue weighted by Crippen LogP contribution is -2.48. The van der Waals surface area contributed by atoms with Crippen molar-refractivity contribution in [2.24, 2.45) is 0 Å². The van der Waals surface area contributed by atoms with Gasteiger partial charge in [0.1, 0.15) is 19.0 Å². The van der Waals surface area contributed by atoms with Crippen LogP contribution in [0.5, 0.6) is 5.75 Å². The highest BCUT2D eigenvalue weighted by atomic mass is 32.1. The van der Waals surface area contributed by atoms with Crippen LogP contribution in [-0.2, 0) is 16.0 Å². The molecule has 1 N–H and O–H groups in total. The summed E-state index contributed by atoms with van der Waals surface area (Å²) in [5.41, 5.74) is 3.47. The molecular weight excluding hydrogens is 448 g/mol. The molecular formula is C27H36N2O4S. The predicted octanol–water partition coefficient (Wildman–Crippen LogP) is 3.59.